The number of carboxylic acid groups (broad SMARTS) is 1. The van der Waals surface area contributed by atoms with Crippen LogP contribution < -0.4 is 10.6 Å². The van der Waals surface area contributed by atoms with Crippen LogP contribution in [0.25, 0.3) is 0 Å². The van der Waals surface area contributed by atoms with Gasteiger partial charge in [0.2, 0.25) is 0 Å². The Hall–Kier alpha value is -1.26. The van der Waals surface area contributed by atoms with Crippen LogP contribution in [0, 0.1) is 5.92 Å². The van der Waals surface area contributed by atoms with Crippen LogP contribution in [-0.2, 0) is 4.79 Å². The number of hydrogen-bond donors (Lipinski definition) is 3. The van der Waals surface area contributed by atoms with E-state index >= 15 is 0 Å². The Labute approximate surface area is 109 Å². The maximum Gasteiger partial charge on any atom is 0.326 e. The van der Waals surface area contributed by atoms with Crippen LogP contribution in [0.2, 0.25) is 0 Å². The van der Waals surface area contributed by atoms with Crippen molar-refractivity contribution in [2.45, 2.75) is 65.5 Å². The molecule has 3 N–H and O–H groups in total. The van der Waals surface area contributed by atoms with Crippen LogP contribution in [0.1, 0.15) is 53.4 Å². The predicted molar refractivity (Wildman–Crippen MR) is 71.5 cm³/mol. The standard InChI is InChI=1S/C13H26N2O3/c1-5-6-7-10(4)14-13(18)15-11(12(16)17)8-9(2)3/h9-11H,5-8H2,1-4H3,(H,16,17)(H2,14,15,18)/t10?,11-/m0/s1. The highest BCUT2D eigenvalue weighted by Crippen LogP contribution is 2.05. The first-order valence-corrected chi connectivity index (χ1v) is 6.66. The van der Waals surface area contributed by atoms with Crippen molar-refractivity contribution in [2.24, 2.45) is 5.92 Å². The highest BCUT2D eigenvalue weighted by molar-refractivity contribution is 5.82. The van der Waals surface area contributed by atoms with E-state index in [2.05, 4.69) is 17.6 Å². The Bertz CT molecular complexity index is 267. The lowest BCUT2D eigenvalue weighted by atomic mass is 10.0. The molecule has 5 heteroatoms. The summed E-state index contributed by atoms with van der Waals surface area (Å²) < 4.78 is 0. The number of carbonyl (C=O) groups is 2. The maximum absolute atomic E-state index is 11.6. The molecule has 2 atom stereocenters. The minimum Gasteiger partial charge on any atom is -0.480 e. The van der Waals surface area contributed by atoms with Crippen molar-refractivity contribution < 1.29 is 14.7 Å². The number of rotatable bonds is 8. The molecule has 1 unspecified atom stereocenters. The summed E-state index contributed by atoms with van der Waals surface area (Å²) in [5.41, 5.74) is 0. The van der Waals surface area contributed by atoms with E-state index in [4.69, 9.17) is 5.11 Å². The fourth-order valence-corrected chi connectivity index (χ4v) is 1.70. The molecule has 0 heterocycles. The van der Waals surface area contributed by atoms with E-state index in [1.165, 1.54) is 0 Å². The Morgan fingerprint density at radius 2 is 1.78 bits per heavy atom. The van der Waals surface area contributed by atoms with Gasteiger partial charge in [0.1, 0.15) is 6.04 Å². The molecule has 18 heavy (non-hydrogen) atoms. The predicted octanol–water partition coefficient (Wildman–Crippen LogP) is 2.36. The maximum atomic E-state index is 11.6. The van der Waals surface area contributed by atoms with Crippen molar-refractivity contribution in [3.05, 3.63) is 0 Å². The molecule has 0 aliphatic rings. The average Bonchev–Trinajstić information content (AvgIpc) is 2.24. The molecule has 0 aromatic rings. The Kier molecular flexibility index (Phi) is 8.16. The number of hydrogen-bond acceptors (Lipinski definition) is 2. The van der Waals surface area contributed by atoms with E-state index in [9.17, 15) is 9.59 Å². The molecular weight excluding hydrogens is 232 g/mol. The molecule has 0 saturated carbocycles. The molecule has 0 aromatic carbocycles. The first kappa shape index (κ1) is 16.7. The fraction of sp³-hybridized carbons (Fsp3) is 0.846. The third-order valence-electron chi connectivity index (χ3n) is 2.68. The van der Waals surface area contributed by atoms with E-state index < -0.39 is 18.0 Å². The Balaban J connectivity index is 4.13. The van der Waals surface area contributed by atoms with Gasteiger partial charge in [-0.25, -0.2) is 9.59 Å². The smallest absolute Gasteiger partial charge is 0.326 e. The fourth-order valence-electron chi connectivity index (χ4n) is 1.70. The van der Waals surface area contributed by atoms with Crippen LogP contribution >= 0.6 is 0 Å². The summed E-state index contributed by atoms with van der Waals surface area (Å²) in [4.78, 5) is 22.6. The van der Waals surface area contributed by atoms with Gasteiger partial charge < -0.3 is 15.7 Å². The molecule has 0 radical (unpaired) electrons. The van der Waals surface area contributed by atoms with Crippen LogP contribution in [0.5, 0.6) is 0 Å². The summed E-state index contributed by atoms with van der Waals surface area (Å²) in [6.45, 7) is 7.88. The second-order valence-corrected chi connectivity index (χ2v) is 5.18. The zero-order valence-corrected chi connectivity index (χ0v) is 11.8. The van der Waals surface area contributed by atoms with Gasteiger partial charge in [0.25, 0.3) is 0 Å². The van der Waals surface area contributed by atoms with Gasteiger partial charge in [0.15, 0.2) is 0 Å². The van der Waals surface area contributed by atoms with Crippen molar-refractivity contribution in [2.75, 3.05) is 0 Å². The second-order valence-electron chi connectivity index (χ2n) is 5.18. The molecule has 5 nitrogen and oxygen atoms in total. The van der Waals surface area contributed by atoms with Gasteiger partial charge >= 0.3 is 12.0 Å². The van der Waals surface area contributed by atoms with Gasteiger partial charge in [0.05, 0.1) is 0 Å². The summed E-state index contributed by atoms with van der Waals surface area (Å²) in [6, 6.07) is -1.14. The zero-order valence-electron chi connectivity index (χ0n) is 11.8. The van der Waals surface area contributed by atoms with E-state index in [-0.39, 0.29) is 12.0 Å². The Morgan fingerprint density at radius 3 is 2.22 bits per heavy atom. The number of carboxylic acids is 1. The average molecular weight is 258 g/mol. The monoisotopic (exact) mass is 258 g/mol. The summed E-state index contributed by atoms with van der Waals surface area (Å²) in [7, 11) is 0. The third kappa shape index (κ3) is 7.92. The molecule has 0 aromatic heterocycles. The highest BCUT2D eigenvalue weighted by atomic mass is 16.4. The summed E-state index contributed by atoms with van der Waals surface area (Å²) in [6.07, 6.45) is 3.48. The topological polar surface area (TPSA) is 78.4 Å². The second kappa shape index (κ2) is 8.78. The first-order valence-electron chi connectivity index (χ1n) is 6.66. The molecule has 0 saturated heterocycles. The molecule has 2 amide bonds. The summed E-state index contributed by atoms with van der Waals surface area (Å²) in [5, 5.41) is 14.3. The van der Waals surface area contributed by atoms with Crippen molar-refractivity contribution in [1.29, 1.82) is 0 Å². The largest absolute Gasteiger partial charge is 0.480 e. The summed E-state index contributed by atoms with van der Waals surface area (Å²) >= 11 is 0. The van der Waals surface area contributed by atoms with Crippen LogP contribution in [0.15, 0.2) is 0 Å². The molecule has 0 spiro atoms. The van der Waals surface area contributed by atoms with Gasteiger partial charge in [-0.1, -0.05) is 33.6 Å². The lowest BCUT2D eigenvalue weighted by molar-refractivity contribution is -0.139. The van der Waals surface area contributed by atoms with E-state index in [0.717, 1.165) is 19.3 Å². The third-order valence-corrected chi connectivity index (χ3v) is 2.68. The van der Waals surface area contributed by atoms with Gasteiger partial charge in [-0.3, -0.25) is 0 Å². The van der Waals surface area contributed by atoms with E-state index in [0.29, 0.717) is 6.42 Å². The van der Waals surface area contributed by atoms with Crippen molar-refractivity contribution in [3.63, 3.8) is 0 Å². The van der Waals surface area contributed by atoms with Gasteiger partial charge in [-0.05, 0) is 25.7 Å². The minimum absolute atomic E-state index is 0.0680. The quantitative estimate of drug-likeness (QED) is 0.625. The number of amides is 2. The normalized spacial score (nSPS) is 14.1. The van der Waals surface area contributed by atoms with Crippen molar-refractivity contribution >= 4 is 12.0 Å². The summed E-state index contributed by atoms with van der Waals surface area (Å²) in [5.74, 6) is -0.760. The van der Waals surface area contributed by atoms with E-state index in [1.54, 1.807) is 0 Å². The minimum atomic E-state index is -0.986. The molecule has 106 valence electrons. The van der Waals surface area contributed by atoms with Gasteiger partial charge in [-0.2, -0.15) is 0 Å². The van der Waals surface area contributed by atoms with Gasteiger partial charge in [-0.15, -0.1) is 0 Å². The van der Waals surface area contributed by atoms with E-state index in [1.807, 2.05) is 20.8 Å². The number of urea groups is 1. The lowest BCUT2D eigenvalue weighted by Gasteiger charge is -2.19. The molecule has 0 rings (SSSR count). The molecule has 0 bridgehead atoms. The molecule has 0 aliphatic heterocycles. The van der Waals surface area contributed by atoms with Crippen LogP contribution in [-0.4, -0.2) is 29.2 Å². The van der Waals surface area contributed by atoms with Gasteiger partial charge in [0, 0.05) is 6.04 Å². The molecule has 0 aliphatic carbocycles. The number of aliphatic carboxylic acids is 1. The molecular formula is C13H26N2O3. The number of carbonyl (C=O) groups excluding carboxylic acids is 1. The number of nitrogens with one attached hydrogen (secondary N) is 2. The Morgan fingerprint density at radius 1 is 1.17 bits per heavy atom. The van der Waals surface area contributed by atoms with Crippen molar-refractivity contribution in [1.82, 2.24) is 10.6 Å². The van der Waals surface area contributed by atoms with Crippen LogP contribution in [0.4, 0.5) is 4.79 Å². The number of unbranched alkanes of at least 4 members (excludes halogenated alkanes) is 1. The van der Waals surface area contributed by atoms with Crippen LogP contribution in [0.3, 0.4) is 0 Å². The zero-order chi connectivity index (χ0) is 14.1. The highest BCUT2D eigenvalue weighted by Gasteiger charge is 2.21. The first-order chi connectivity index (χ1) is 8.36. The van der Waals surface area contributed by atoms with Crippen molar-refractivity contribution in [3.8, 4) is 0 Å². The SMILES string of the molecule is CCCCC(C)NC(=O)N[C@@H](CC(C)C)C(=O)O. The molecule has 0 fully saturated rings. The lowest BCUT2D eigenvalue weighted by Crippen LogP contribution is -2.48.